The average Bonchev–Trinajstić information content (AvgIpc) is 3.06. The minimum Gasteiger partial charge on any atom is -0.381 e. The number of anilines is 1. The zero-order valence-corrected chi connectivity index (χ0v) is 15.6. The highest BCUT2D eigenvalue weighted by atomic mass is 32.2. The van der Waals surface area contributed by atoms with Gasteiger partial charge in [-0.3, -0.25) is 4.79 Å². The number of aryl methyl sites for hydroxylation is 1. The number of hydrogen-bond donors (Lipinski definition) is 1. The van der Waals surface area contributed by atoms with Gasteiger partial charge in [0.1, 0.15) is 0 Å². The van der Waals surface area contributed by atoms with Crippen molar-refractivity contribution in [2.24, 2.45) is 5.92 Å². The Balaban J connectivity index is 2.36. The van der Waals surface area contributed by atoms with Crippen molar-refractivity contribution in [3.63, 3.8) is 0 Å². The summed E-state index contributed by atoms with van der Waals surface area (Å²) in [7, 11) is -3.56. The van der Waals surface area contributed by atoms with Crippen molar-refractivity contribution in [1.29, 1.82) is 0 Å². The number of carbonyl (C=O) groups is 1. The van der Waals surface area contributed by atoms with E-state index in [-0.39, 0.29) is 16.7 Å². The molecule has 7 heteroatoms. The maximum atomic E-state index is 12.7. The average molecular weight is 354 g/mol. The molecule has 1 fully saturated rings. The van der Waals surface area contributed by atoms with Crippen LogP contribution in [0, 0.1) is 19.8 Å². The van der Waals surface area contributed by atoms with Crippen molar-refractivity contribution in [2.45, 2.75) is 39.0 Å². The maximum absolute atomic E-state index is 12.7. The Kier molecular flexibility index (Phi) is 6.01. The fourth-order valence-electron chi connectivity index (χ4n) is 2.79. The van der Waals surface area contributed by atoms with Crippen LogP contribution >= 0.6 is 0 Å². The van der Waals surface area contributed by atoms with Crippen molar-refractivity contribution in [2.75, 3.05) is 31.6 Å². The second-order valence-corrected chi connectivity index (χ2v) is 7.99. The van der Waals surface area contributed by atoms with E-state index in [4.69, 9.17) is 4.74 Å². The molecule has 1 aromatic carbocycles. The number of nitrogens with zero attached hydrogens (tertiary/aromatic N) is 1. The number of amides is 1. The molecule has 0 bridgehead atoms. The van der Waals surface area contributed by atoms with E-state index >= 15 is 0 Å². The van der Waals surface area contributed by atoms with Crippen molar-refractivity contribution >= 4 is 21.6 Å². The molecule has 1 N–H and O–H groups in total. The summed E-state index contributed by atoms with van der Waals surface area (Å²) in [5, 5.41) is 2.88. The molecule has 0 radical (unpaired) electrons. The van der Waals surface area contributed by atoms with Crippen LogP contribution in [0.3, 0.4) is 0 Å². The highest BCUT2D eigenvalue weighted by Gasteiger charge is 2.26. The van der Waals surface area contributed by atoms with Gasteiger partial charge in [-0.1, -0.05) is 13.8 Å². The second kappa shape index (κ2) is 7.63. The van der Waals surface area contributed by atoms with Gasteiger partial charge in [-0.15, -0.1) is 0 Å². The fourth-order valence-corrected chi connectivity index (χ4v) is 4.36. The Hall–Kier alpha value is -1.44. The Morgan fingerprint density at radius 3 is 2.50 bits per heavy atom. The molecule has 0 saturated carbocycles. The first-order valence-electron chi connectivity index (χ1n) is 8.31. The molecule has 134 valence electrons. The van der Waals surface area contributed by atoms with Gasteiger partial charge >= 0.3 is 0 Å². The fraction of sp³-hybridized carbons (Fsp3) is 0.588. The molecule has 1 saturated heterocycles. The monoisotopic (exact) mass is 354 g/mol. The molecule has 0 aliphatic carbocycles. The van der Waals surface area contributed by atoms with Gasteiger partial charge in [0.2, 0.25) is 15.9 Å². The Labute approximate surface area is 144 Å². The third kappa shape index (κ3) is 3.79. The lowest BCUT2D eigenvalue weighted by molar-refractivity contribution is -0.119. The number of nitrogens with one attached hydrogen (secondary N) is 1. The van der Waals surface area contributed by atoms with E-state index in [1.54, 1.807) is 12.1 Å². The molecule has 0 spiro atoms. The number of carbonyl (C=O) groups excluding carboxylic acids is 1. The van der Waals surface area contributed by atoms with E-state index in [1.807, 2.05) is 27.7 Å². The summed E-state index contributed by atoms with van der Waals surface area (Å²) in [5.74, 6) is -0.292. The van der Waals surface area contributed by atoms with E-state index in [0.29, 0.717) is 38.4 Å². The van der Waals surface area contributed by atoms with Crippen LogP contribution in [0.15, 0.2) is 17.0 Å². The molecular weight excluding hydrogens is 328 g/mol. The predicted molar refractivity (Wildman–Crippen MR) is 93.6 cm³/mol. The van der Waals surface area contributed by atoms with E-state index < -0.39 is 10.0 Å². The number of rotatable bonds is 6. The van der Waals surface area contributed by atoms with Crippen molar-refractivity contribution in [3.8, 4) is 0 Å². The van der Waals surface area contributed by atoms with Crippen LogP contribution in [0.1, 0.15) is 31.4 Å². The standard InChI is InChI=1S/C17H26N2O4S/c1-5-19(6-2)24(21,22)15-9-12(3)13(4)16(10-15)18-17(20)14-7-8-23-11-14/h9-10,14H,5-8,11H2,1-4H3,(H,18,20). The summed E-state index contributed by atoms with van der Waals surface area (Å²) < 4.78 is 32.1. The van der Waals surface area contributed by atoms with Crippen LogP contribution in [0.2, 0.25) is 0 Å². The van der Waals surface area contributed by atoms with Gasteiger partial charge in [-0.2, -0.15) is 4.31 Å². The van der Waals surface area contributed by atoms with Gasteiger partial charge in [0, 0.05) is 25.4 Å². The lowest BCUT2D eigenvalue weighted by Crippen LogP contribution is -2.31. The number of ether oxygens (including phenoxy) is 1. The lowest BCUT2D eigenvalue weighted by Gasteiger charge is -2.21. The third-order valence-corrected chi connectivity index (χ3v) is 6.57. The molecule has 1 atom stereocenters. The summed E-state index contributed by atoms with van der Waals surface area (Å²) in [4.78, 5) is 12.5. The summed E-state index contributed by atoms with van der Waals surface area (Å²) >= 11 is 0. The number of hydrogen-bond acceptors (Lipinski definition) is 4. The highest BCUT2D eigenvalue weighted by Crippen LogP contribution is 2.27. The van der Waals surface area contributed by atoms with Gasteiger partial charge < -0.3 is 10.1 Å². The molecule has 1 aromatic rings. The summed E-state index contributed by atoms with van der Waals surface area (Å²) in [6.07, 6.45) is 0.696. The Bertz CT molecular complexity index is 706. The van der Waals surface area contributed by atoms with E-state index in [2.05, 4.69) is 5.32 Å². The summed E-state index contributed by atoms with van der Waals surface area (Å²) in [6.45, 7) is 9.18. The van der Waals surface area contributed by atoms with Gasteiger partial charge in [0.05, 0.1) is 17.4 Å². The van der Waals surface area contributed by atoms with Gasteiger partial charge in [-0.25, -0.2) is 8.42 Å². The van der Waals surface area contributed by atoms with E-state index in [1.165, 1.54) is 4.31 Å². The Morgan fingerprint density at radius 1 is 1.29 bits per heavy atom. The minimum atomic E-state index is -3.56. The van der Waals surface area contributed by atoms with E-state index in [0.717, 1.165) is 11.1 Å². The van der Waals surface area contributed by atoms with Crippen LogP contribution < -0.4 is 5.32 Å². The number of benzene rings is 1. The van der Waals surface area contributed by atoms with Gasteiger partial charge in [0.15, 0.2) is 0 Å². The zero-order chi connectivity index (χ0) is 17.9. The maximum Gasteiger partial charge on any atom is 0.243 e. The summed E-state index contributed by atoms with van der Waals surface area (Å²) in [5.41, 5.74) is 2.26. The smallest absolute Gasteiger partial charge is 0.243 e. The van der Waals surface area contributed by atoms with Crippen LogP contribution in [-0.2, 0) is 19.6 Å². The van der Waals surface area contributed by atoms with Crippen molar-refractivity contribution in [3.05, 3.63) is 23.3 Å². The molecule has 2 rings (SSSR count). The van der Waals surface area contributed by atoms with Crippen molar-refractivity contribution < 1.29 is 17.9 Å². The zero-order valence-electron chi connectivity index (χ0n) is 14.8. The molecule has 6 nitrogen and oxygen atoms in total. The second-order valence-electron chi connectivity index (χ2n) is 6.05. The van der Waals surface area contributed by atoms with Gasteiger partial charge in [0.25, 0.3) is 0 Å². The molecular formula is C17H26N2O4S. The molecule has 24 heavy (non-hydrogen) atoms. The molecule has 1 heterocycles. The van der Waals surface area contributed by atoms with Crippen LogP contribution in [0.25, 0.3) is 0 Å². The summed E-state index contributed by atoms with van der Waals surface area (Å²) in [6, 6.07) is 3.22. The first kappa shape index (κ1) is 18.9. The predicted octanol–water partition coefficient (Wildman–Crippen LogP) is 2.31. The largest absolute Gasteiger partial charge is 0.381 e. The normalized spacial score (nSPS) is 18.1. The van der Waals surface area contributed by atoms with Crippen LogP contribution in [-0.4, -0.2) is 44.9 Å². The van der Waals surface area contributed by atoms with Crippen LogP contribution in [0.4, 0.5) is 5.69 Å². The topological polar surface area (TPSA) is 75.7 Å². The third-order valence-electron chi connectivity index (χ3n) is 4.54. The number of sulfonamides is 1. The van der Waals surface area contributed by atoms with Gasteiger partial charge in [-0.05, 0) is 43.5 Å². The molecule has 1 aliphatic rings. The highest BCUT2D eigenvalue weighted by molar-refractivity contribution is 7.89. The Morgan fingerprint density at radius 2 is 1.96 bits per heavy atom. The quantitative estimate of drug-likeness (QED) is 0.850. The molecule has 0 aromatic heterocycles. The first-order valence-corrected chi connectivity index (χ1v) is 9.75. The van der Waals surface area contributed by atoms with E-state index in [9.17, 15) is 13.2 Å². The van der Waals surface area contributed by atoms with Crippen molar-refractivity contribution in [1.82, 2.24) is 4.31 Å². The molecule has 1 aliphatic heterocycles. The first-order chi connectivity index (χ1) is 11.3. The SMILES string of the molecule is CCN(CC)S(=O)(=O)c1cc(C)c(C)c(NC(=O)C2CCOC2)c1. The molecule has 1 unspecified atom stereocenters. The lowest BCUT2D eigenvalue weighted by atomic mass is 10.1. The van der Waals surface area contributed by atoms with Crippen LogP contribution in [0.5, 0.6) is 0 Å². The minimum absolute atomic E-state index is 0.118. The molecule has 1 amide bonds.